The minimum atomic E-state index is -0.119. The summed E-state index contributed by atoms with van der Waals surface area (Å²) < 4.78 is 11.8. The topological polar surface area (TPSA) is 18.5 Å². The molecule has 3 aliphatic rings. The zero-order valence-electron chi connectivity index (χ0n) is 13.0. The maximum atomic E-state index is 5.89. The van der Waals surface area contributed by atoms with E-state index >= 15 is 0 Å². The molecule has 0 amide bonds. The number of hydrogen-bond donors (Lipinski definition) is 0. The summed E-state index contributed by atoms with van der Waals surface area (Å²) in [5.74, 6) is 2.16. The van der Waals surface area contributed by atoms with Crippen molar-refractivity contribution in [2.45, 2.75) is 45.3 Å². The Morgan fingerprint density at radius 1 is 1.00 bits per heavy atom. The van der Waals surface area contributed by atoms with Crippen molar-refractivity contribution in [1.82, 2.24) is 0 Å². The Morgan fingerprint density at radius 3 is 2.00 bits per heavy atom. The predicted octanol–water partition coefficient (Wildman–Crippen LogP) is 4.83. The smallest absolute Gasteiger partial charge is 0.174 e. The van der Waals surface area contributed by atoms with Gasteiger partial charge in [0.1, 0.15) is 0 Å². The van der Waals surface area contributed by atoms with E-state index in [1.54, 1.807) is 0 Å². The minimum absolute atomic E-state index is 0.119. The van der Waals surface area contributed by atoms with Gasteiger partial charge in [-0.3, -0.25) is 0 Å². The molecule has 0 N–H and O–H groups in total. The lowest BCUT2D eigenvalue weighted by Gasteiger charge is -2.41. The van der Waals surface area contributed by atoms with Gasteiger partial charge in [0.2, 0.25) is 0 Å². The molecule has 2 saturated carbocycles. The maximum Gasteiger partial charge on any atom is 0.174 e. The van der Waals surface area contributed by atoms with Crippen molar-refractivity contribution in [3.8, 4) is 0 Å². The average molecular weight is 309 g/mol. The van der Waals surface area contributed by atoms with E-state index in [0.717, 1.165) is 24.2 Å². The van der Waals surface area contributed by atoms with E-state index < -0.39 is 0 Å². The summed E-state index contributed by atoms with van der Waals surface area (Å²) in [7, 11) is 0. The van der Waals surface area contributed by atoms with E-state index in [4.69, 9.17) is 21.1 Å². The normalized spacial score (nSPS) is 32.8. The van der Waals surface area contributed by atoms with Crippen molar-refractivity contribution in [3.63, 3.8) is 0 Å². The first-order valence-corrected chi connectivity index (χ1v) is 8.48. The highest BCUT2D eigenvalue weighted by Gasteiger charge is 2.57. The fourth-order valence-electron chi connectivity index (χ4n) is 4.22. The molecule has 1 saturated heterocycles. The summed E-state index contributed by atoms with van der Waals surface area (Å²) in [5, 5.41) is 0.801. The summed E-state index contributed by atoms with van der Waals surface area (Å²) >= 11 is 5.61. The standard InChI is InChI=1S/C11H18O2.C7H7Cl/c1-8-6-9-2-3-10(7-8)11(9)12-4-5-13-11;1-6-2-4-7(8)5-3-6/h8-10H,2-7H2,1H3;2-5H,1H3. The van der Waals surface area contributed by atoms with E-state index in [2.05, 4.69) is 6.92 Å². The Morgan fingerprint density at radius 2 is 1.52 bits per heavy atom. The Labute approximate surface area is 132 Å². The monoisotopic (exact) mass is 308 g/mol. The van der Waals surface area contributed by atoms with Crippen molar-refractivity contribution in [2.24, 2.45) is 17.8 Å². The lowest BCUT2D eigenvalue weighted by atomic mass is 9.77. The van der Waals surface area contributed by atoms with Gasteiger partial charge in [-0.25, -0.2) is 0 Å². The predicted molar refractivity (Wildman–Crippen MR) is 85.4 cm³/mol. The van der Waals surface area contributed by atoms with Crippen LogP contribution in [0.2, 0.25) is 5.02 Å². The molecule has 2 unspecified atom stereocenters. The molecule has 1 aliphatic heterocycles. The van der Waals surface area contributed by atoms with Crippen molar-refractivity contribution in [3.05, 3.63) is 34.9 Å². The van der Waals surface area contributed by atoms with Crippen LogP contribution in [0.3, 0.4) is 0 Å². The molecule has 0 radical (unpaired) electrons. The number of hydrogen-bond acceptors (Lipinski definition) is 2. The van der Waals surface area contributed by atoms with Gasteiger partial charge >= 0.3 is 0 Å². The maximum absolute atomic E-state index is 5.89. The van der Waals surface area contributed by atoms with E-state index in [9.17, 15) is 0 Å². The first-order chi connectivity index (χ1) is 10.1. The highest BCUT2D eigenvalue weighted by molar-refractivity contribution is 6.30. The molecular formula is C18H25ClO2. The van der Waals surface area contributed by atoms with Gasteiger partial charge in [-0.1, -0.05) is 36.2 Å². The molecule has 1 aromatic carbocycles. The van der Waals surface area contributed by atoms with Gasteiger partial charge < -0.3 is 9.47 Å². The van der Waals surface area contributed by atoms with Crippen LogP contribution in [0.5, 0.6) is 0 Å². The molecule has 1 spiro atoms. The van der Waals surface area contributed by atoms with Crippen LogP contribution >= 0.6 is 11.6 Å². The molecule has 2 bridgehead atoms. The van der Waals surface area contributed by atoms with Crippen LogP contribution in [0.15, 0.2) is 24.3 Å². The summed E-state index contributed by atoms with van der Waals surface area (Å²) in [5.41, 5.74) is 1.24. The largest absolute Gasteiger partial charge is 0.347 e. The van der Waals surface area contributed by atoms with Gasteiger partial charge in [0, 0.05) is 16.9 Å². The number of halogens is 1. The number of ether oxygens (including phenoxy) is 2. The second-order valence-corrected chi connectivity index (χ2v) is 7.20. The fraction of sp³-hybridized carbons (Fsp3) is 0.667. The van der Waals surface area contributed by atoms with Crippen molar-refractivity contribution in [1.29, 1.82) is 0 Å². The first kappa shape index (κ1) is 15.3. The van der Waals surface area contributed by atoms with Gasteiger partial charge in [0.05, 0.1) is 13.2 Å². The summed E-state index contributed by atoms with van der Waals surface area (Å²) in [6.07, 6.45) is 5.29. The Kier molecular flexibility index (Phi) is 4.58. The minimum Gasteiger partial charge on any atom is -0.347 e. The van der Waals surface area contributed by atoms with Crippen LogP contribution in [-0.2, 0) is 9.47 Å². The molecule has 2 atom stereocenters. The lowest BCUT2D eigenvalue weighted by molar-refractivity contribution is -0.227. The van der Waals surface area contributed by atoms with E-state index in [0.29, 0.717) is 11.8 Å². The van der Waals surface area contributed by atoms with E-state index in [-0.39, 0.29) is 5.79 Å². The van der Waals surface area contributed by atoms with Crippen molar-refractivity contribution >= 4 is 11.6 Å². The van der Waals surface area contributed by atoms with Gasteiger partial charge in [0.15, 0.2) is 5.79 Å². The second kappa shape index (κ2) is 6.28. The van der Waals surface area contributed by atoms with Crippen LogP contribution < -0.4 is 0 Å². The van der Waals surface area contributed by atoms with Crippen LogP contribution in [0, 0.1) is 24.7 Å². The Balaban J connectivity index is 0.000000143. The third-order valence-electron chi connectivity index (χ3n) is 5.12. The molecule has 1 heterocycles. The highest BCUT2D eigenvalue weighted by atomic mass is 35.5. The van der Waals surface area contributed by atoms with Crippen LogP contribution in [-0.4, -0.2) is 19.0 Å². The molecule has 21 heavy (non-hydrogen) atoms. The molecule has 3 fully saturated rings. The molecule has 2 nitrogen and oxygen atoms in total. The quantitative estimate of drug-likeness (QED) is 0.683. The number of rotatable bonds is 0. The van der Waals surface area contributed by atoms with Crippen LogP contribution in [0.4, 0.5) is 0 Å². The third kappa shape index (κ3) is 3.13. The van der Waals surface area contributed by atoms with Crippen molar-refractivity contribution < 1.29 is 9.47 Å². The Bertz CT molecular complexity index is 428. The number of aryl methyl sites for hydroxylation is 1. The van der Waals surface area contributed by atoms with E-state index in [1.165, 1.54) is 31.2 Å². The Hall–Kier alpha value is -0.570. The molecule has 2 aliphatic carbocycles. The fourth-order valence-corrected chi connectivity index (χ4v) is 4.34. The molecule has 0 aromatic heterocycles. The summed E-state index contributed by atoms with van der Waals surface area (Å²) in [6.45, 7) is 6.05. The molecule has 1 aromatic rings. The molecule has 3 heteroatoms. The third-order valence-corrected chi connectivity index (χ3v) is 5.38. The average Bonchev–Trinajstić information content (AvgIpc) is 3.01. The zero-order chi connectivity index (χ0) is 14.9. The number of benzene rings is 1. The van der Waals surface area contributed by atoms with Gasteiger partial charge in [-0.15, -0.1) is 0 Å². The highest BCUT2D eigenvalue weighted by Crippen LogP contribution is 2.55. The van der Waals surface area contributed by atoms with E-state index in [1.807, 2.05) is 31.2 Å². The van der Waals surface area contributed by atoms with Crippen molar-refractivity contribution in [2.75, 3.05) is 13.2 Å². The SMILES string of the molecule is CC1CC2CCC(C1)C21OCCO1.Cc1ccc(Cl)cc1. The van der Waals surface area contributed by atoms with Gasteiger partial charge in [-0.2, -0.15) is 0 Å². The summed E-state index contributed by atoms with van der Waals surface area (Å²) in [4.78, 5) is 0. The molecule has 116 valence electrons. The summed E-state index contributed by atoms with van der Waals surface area (Å²) in [6, 6.07) is 7.75. The van der Waals surface area contributed by atoms with Gasteiger partial charge in [0.25, 0.3) is 0 Å². The molecular weight excluding hydrogens is 284 g/mol. The molecule has 4 rings (SSSR count). The van der Waals surface area contributed by atoms with Gasteiger partial charge in [-0.05, 0) is 50.7 Å². The second-order valence-electron chi connectivity index (χ2n) is 6.76. The van der Waals surface area contributed by atoms with Crippen LogP contribution in [0.1, 0.15) is 38.2 Å². The zero-order valence-corrected chi connectivity index (χ0v) is 13.7. The lowest BCUT2D eigenvalue weighted by Crippen LogP contribution is -2.45. The first-order valence-electron chi connectivity index (χ1n) is 8.10. The van der Waals surface area contributed by atoms with Crippen LogP contribution in [0.25, 0.3) is 0 Å².